The van der Waals surface area contributed by atoms with Crippen LogP contribution in [0.25, 0.3) is 28.2 Å². The Kier molecular flexibility index (Phi) is 6.23. The fraction of sp³-hybridized carbons (Fsp3) is 0.0357. The monoisotopic (exact) mass is 508 g/mol. The van der Waals surface area contributed by atoms with Crippen molar-refractivity contribution in [2.45, 2.75) is 6.54 Å². The van der Waals surface area contributed by atoms with E-state index in [2.05, 4.69) is 21.8 Å². The SMILES string of the molecule is N#CC(=Cc1cn(Cc2ccc(Cl)cc2Cl)c2ccccc12)c1nn(-c2ccccc2)c(N)c1C#N. The summed E-state index contributed by atoms with van der Waals surface area (Å²) in [7, 11) is 0. The maximum atomic E-state index is 10.1. The molecule has 0 aliphatic rings. The summed E-state index contributed by atoms with van der Waals surface area (Å²) in [4.78, 5) is 0. The molecule has 0 spiro atoms. The molecule has 8 heteroatoms. The smallest absolute Gasteiger partial charge is 0.145 e. The van der Waals surface area contributed by atoms with Gasteiger partial charge in [-0.3, -0.25) is 0 Å². The van der Waals surface area contributed by atoms with Gasteiger partial charge in [-0.15, -0.1) is 0 Å². The van der Waals surface area contributed by atoms with Gasteiger partial charge in [0.05, 0.1) is 11.3 Å². The summed E-state index contributed by atoms with van der Waals surface area (Å²) in [6, 6.07) is 26.9. The van der Waals surface area contributed by atoms with E-state index in [9.17, 15) is 10.5 Å². The number of para-hydroxylation sites is 2. The molecule has 174 valence electrons. The molecule has 0 atom stereocenters. The van der Waals surface area contributed by atoms with Gasteiger partial charge in [-0.2, -0.15) is 15.6 Å². The van der Waals surface area contributed by atoms with Gasteiger partial charge in [-0.05, 0) is 42.0 Å². The quantitative estimate of drug-likeness (QED) is 0.267. The van der Waals surface area contributed by atoms with Crippen LogP contribution in [0.4, 0.5) is 5.82 Å². The minimum absolute atomic E-state index is 0.156. The van der Waals surface area contributed by atoms with E-state index in [1.807, 2.05) is 66.9 Å². The Bertz CT molecular complexity index is 1720. The van der Waals surface area contributed by atoms with Gasteiger partial charge in [-0.1, -0.05) is 65.7 Å². The third kappa shape index (κ3) is 4.21. The number of nitrogen functional groups attached to an aromatic ring is 1. The van der Waals surface area contributed by atoms with Crippen LogP contribution in [0.1, 0.15) is 22.4 Å². The Morgan fingerprint density at radius 2 is 1.75 bits per heavy atom. The predicted molar refractivity (Wildman–Crippen MR) is 144 cm³/mol. The maximum absolute atomic E-state index is 10.1. The molecule has 3 aromatic carbocycles. The lowest BCUT2D eigenvalue weighted by molar-refractivity contribution is 0.836. The second kappa shape index (κ2) is 9.64. The molecule has 2 heterocycles. The molecular weight excluding hydrogens is 491 g/mol. The number of anilines is 1. The van der Waals surface area contributed by atoms with Gasteiger partial charge < -0.3 is 10.3 Å². The van der Waals surface area contributed by atoms with Crippen LogP contribution >= 0.6 is 23.2 Å². The van der Waals surface area contributed by atoms with Gasteiger partial charge in [0.25, 0.3) is 0 Å². The Balaban J connectivity index is 1.63. The maximum Gasteiger partial charge on any atom is 0.145 e. The van der Waals surface area contributed by atoms with Crippen molar-refractivity contribution >= 4 is 51.6 Å². The predicted octanol–water partition coefficient (Wildman–Crippen LogP) is 6.70. The molecule has 2 N–H and O–H groups in total. The summed E-state index contributed by atoms with van der Waals surface area (Å²) >= 11 is 12.5. The molecule has 0 saturated heterocycles. The van der Waals surface area contributed by atoms with Crippen molar-refractivity contribution in [2.24, 2.45) is 0 Å². The molecule has 0 saturated carbocycles. The van der Waals surface area contributed by atoms with Crippen molar-refractivity contribution < 1.29 is 0 Å². The Morgan fingerprint density at radius 3 is 2.47 bits per heavy atom. The zero-order chi connectivity index (χ0) is 25.2. The first-order valence-corrected chi connectivity index (χ1v) is 11.7. The lowest BCUT2D eigenvalue weighted by atomic mass is 10.1. The van der Waals surface area contributed by atoms with Crippen LogP contribution in [0, 0.1) is 22.7 Å². The van der Waals surface area contributed by atoms with Crippen LogP contribution in [0.15, 0.2) is 79.0 Å². The van der Waals surface area contributed by atoms with Gasteiger partial charge in [0.1, 0.15) is 29.2 Å². The molecule has 36 heavy (non-hydrogen) atoms. The Labute approximate surface area is 217 Å². The standard InChI is InChI=1S/C28H18Cl2N6/c29-21-11-10-18(25(30)13-21)16-35-17-20(23-8-4-5-9-26(23)35)12-19(14-31)27-24(15-32)28(33)36(34-27)22-6-2-1-3-7-22/h1-13,17H,16,33H2. The molecule has 6 nitrogen and oxygen atoms in total. The van der Waals surface area contributed by atoms with E-state index in [-0.39, 0.29) is 22.6 Å². The summed E-state index contributed by atoms with van der Waals surface area (Å²) < 4.78 is 3.54. The van der Waals surface area contributed by atoms with E-state index in [0.717, 1.165) is 22.0 Å². The van der Waals surface area contributed by atoms with Crippen LogP contribution < -0.4 is 5.73 Å². The third-order valence-corrected chi connectivity index (χ3v) is 6.47. The number of allylic oxidation sites excluding steroid dienone is 1. The van der Waals surface area contributed by atoms with Gasteiger partial charge in [-0.25, -0.2) is 4.68 Å². The van der Waals surface area contributed by atoms with E-state index in [0.29, 0.717) is 22.3 Å². The number of aromatic nitrogens is 3. The zero-order valence-electron chi connectivity index (χ0n) is 18.9. The van der Waals surface area contributed by atoms with E-state index in [1.165, 1.54) is 4.68 Å². The molecular formula is C28H18Cl2N6. The second-order valence-corrected chi connectivity index (χ2v) is 8.95. The Morgan fingerprint density at radius 1 is 1.00 bits per heavy atom. The molecule has 0 radical (unpaired) electrons. The van der Waals surface area contributed by atoms with Crippen LogP contribution in [0.5, 0.6) is 0 Å². The number of nitrogens with zero attached hydrogens (tertiary/aromatic N) is 5. The van der Waals surface area contributed by atoms with Crippen molar-refractivity contribution in [2.75, 3.05) is 5.73 Å². The van der Waals surface area contributed by atoms with Gasteiger partial charge in [0, 0.05) is 39.3 Å². The van der Waals surface area contributed by atoms with Crippen LogP contribution in [0.3, 0.4) is 0 Å². The highest BCUT2D eigenvalue weighted by molar-refractivity contribution is 6.35. The van der Waals surface area contributed by atoms with Crippen molar-refractivity contribution in [3.05, 3.63) is 111 Å². The van der Waals surface area contributed by atoms with Gasteiger partial charge in [0.2, 0.25) is 0 Å². The second-order valence-electron chi connectivity index (χ2n) is 8.10. The largest absolute Gasteiger partial charge is 0.382 e. The first-order chi connectivity index (χ1) is 17.5. The topological polar surface area (TPSA) is 96.3 Å². The number of fused-ring (bicyclic) bond motifs is 1. The molecule has 0 aliphatic heterocycles. The molecule has 0 amide bonds. The van der Waals surface area contributed by atoms with E-state index in [4.69, 9.17) is 28.9 Å². The zero-order valence-corrected chi connectivity index (χ0v) is 20.4. The van der Waals surface area contributed by atoms with Crippen molar-refractivity contribution in [1.82, 2.24) is 14.3 Å². The van der Waals surface area contributed by atoms with Crippen LogP contribution in [-0.2, 0) is 6.54 Å². The summed E-state index contributed by atoms with van der Waals surface area (Å²) in [5.74, 6) is 0.180. The molecule has 0 fully saturated rings. The average Bonchev–Trinajstić information content (AvgIpc) is 3.41. The van der Waals surface area contributed by atoms with Crippen molar-refractivity contribution in [3.63, 3.8) is 0 Å². The highest BCUT2D eigenvalue weighted by Gasteiger charge is 2.20. The first kappa shape index (κ1) is 23.3. The molecule has 0 aliphatic carbocycles. The van der Waals surface area contributed by atoms with E-state index >= 15 is 0 Å². The molecule has 5 rings (SSSR count). The summed E-state index contributed by atoms with van der Waals surface area (Å²) in [6.07, 6.45) is 3.69. The highest BCUT2D eigenvalue weighted by atomic mass is 35.5. The van der Waals surface area contributed by atoms with Gasteiger partial charge in [0.15, 0.2) is 0 Å². The third-order valence-electron chi connectivity index (χ3n) is 5.88. The molecule has 5 aromatic rings. The van der Waals surface area contributed by atoms with Crippen molar-refractivity contribution in [1.29, 1.82) is 10.5 Å². The average molecular weight is 509 g/mol. The van der Waals surface area contributed by atoms with Crippen molar-refractivity contribution in [3.8, 4) is 17.8 Å². The molecule has 0 bridgehead atoms. The number of rotatable bonds is 5. The highest BCUT2D eigenvalue weighted by Crippen LogP contribution is 2.31. The fourth-order valence-electron chi connectivity index (χ4n) is 4.16. The number of hydrogen-bond acceptors (Lipinski definition) is 4. The number of nitrogens with two attached hydrogens (primary N) is 1. The van der Waals surface area contributed by atoms with Crippen LogP contribution in [0.2, 0.25) is 10.0 Å². The van der Waals surface area contributed by atoms with E-state index < -0.39 is 0 Å². The summed E-state index contributed by atoms with van der Waals surface area (Å²) in [5.41, 5.74) is 10.3. The number of halogens is 2. The lowest BCUT2D eigenvalue weighted by Crippen LogP contribution is -2.02. The summed E-state index contributed by atoms with van der Waals surface area (Å²) in [5, 5.41) is 26.5. The summed E-state index contributed by atoms with van der Waals surface area (Å²) in [6.45, 7) is 0.519. The fourth-order valence-corrected chi connectivity index (χ4v) is 4.63. The van der Waals surface area contributed by atoms with Crippen LogP contribution in [-0.4, -0.2) is 14.3 Å². The number of hydrogen-bond donors (Lipinski definition) is 1. The first-order valence-electron chi connectivity index (χ1n) is 11.0. The van der Waals surface area contributed by atoms with Gasteiger partial charge >= 0.3 is 0 Å². The Hall–Kier alpha value is -4.49. The minimum atomic E-state index is 0.156. The normalized spacial score (nSPS) is 11.4. The minimum Gasteiger partial charge on any atom is -0.382 e. The molecule has 0 unspecified atom stereocenters. The lowest BCUT2D eigenvalue weighted by Gasteiger charge is -2.08. The number of benzene rings is 3. The molecule has 2 aromatic heterocycles. The number of nitriles is 2. The van der Waals surface area contributed by atoms with E-state index in [1.54, 1.807) is 18.2 Å².